The molecule has 0 unspecified atom stereocenters. The summed E-state index contributed by atoms with van der Waals surface area (Å²) in [6.45, 7) is 30.0. The summed E-state index contributed by atoms with van der Waals surface area (Å²) in [6.07, 6.45) is 2.82. The number of carbonyl (C=O) groups is 1. The summed E-state index contributed by atoms with van der Waals surface area (Å²) in [5, 5.41) is 25.0. The maximum atomic E-state index is 14.8. The molecular weight excluding hydrogens is 805 g/mol. The molecule has 2 saturated carbocycles. The first-order valence-corrected chi connectivity index (χ1v) is 24.4. The minimum Gasteiger partial charge on any atom is -0.507 e. The molecule has 0 amide bonds. The summed E-state index contributed by atoms with van der Waals surface area (Å²) in [7, 11) is -2.68. The number of methoxy groups -OCH3 is 1. The van der Waals surface area contributed by atoms with Gasteiger partial charge in [0.05, 0.1) is 18.3 Å². The van der Waals surface area contributed by atoms with Gasteiger partial charge in [0.2, 0.25) is 0 Å². The average Bonchev–Trinajstić information content (AvgIpc) is 3.48. The van der Waals surface area contributed by atoms with E-state index in [0.29, 0.717) is 47.9 Å². The summed E-state index contributed by atoms with van der Waals surface area (Å²) >= 11 is 0. The molecule has 7 rings (SSSR count). The summed E-state index contributed by atoms with van der Waals surface area (Å²) in [5.74, 6) is 0.941. The Morgan fingerprint density at radius 2 is 0.889 bits per heavy atom. The maximum Gasteiger partial charge on any atom is 0.310 e. The third kappa shape index (κ3) is 8.67. The zero-order chi connectivity index (χ0) is 46.6. The quantitative estimate of drug-likeness (QED) is 0.169. The molecule has 8 heteroatoms. The van der Waals surface area contributed by atoms with Gasteiger partial charge in [-0.15, -0.1) is 0 Å². The number of phenolic OH excluding ortho intramolecular Hbond substituents is 2. The third-order valence-electron chi connectivity index (χ3n) is 15.0. The molecule has 3 aliphatic carbocycles. The van der Waals surface area contributed by atoms with E-state index in [0.717, 1.165) is 56.7 Å². The minimum absolute atomic E-state index is 0.00452. The van der Waals surface area contributed by atoms with Crippen molar-refractivity contribution in [2.45, 2.75) is 164 Å². The number of Topliss-reactive ketones (excluding diaryl/α,β-unsaturated/α-hetero) is 1. The van der Waals surface area contributed by atoms with E-state index in [-0.39, 0.29) is 63.5 Å². The van der Waals surface area contributed by atoms with Crippen molar-refractivity contribution in [2.75, 3.05) is 12.9 Å². The first kappa shape index (κ1) is 46.7. The lowest BCUT2D eigenvalue weighted by Crippen LogP contribution is -2.43. The number of hydrogen-bond acceptors (Lipinski definition) is 7. The van der Waals surface area contributed by atoms with Crippen LogP contribution in [0.2, 0.25) is 0 Å². The fraction of sp³-hybridized carbons (Fsp3) is 0.545. The van der Waals surface area contributed by atoms with Crippen LogP contribution in [-0.2, 0) is 62.3 Å². The molecule has 4 aromatic rings. The second kappa shape index (κ2) is 15.4. The number of hydrogen-bond donors (Lipinski definition) is 2. The van der Waals surface area contributed by atoms with E-state index in [9.17, 15) is 23.4 Å². The summed E-state index contributed by atoms with van der Waals surface area (Å²) in [6, 6.07) is 16.7. The van der Waals surface area contributed by atoms with E-state index >= 15 is 0 Å². The number of carbonyl (C=O) groups excluding carboxylic acids is 1. The average molecular weight is 877 g/mol. The Bertz CT molecular complexity index is 2490. The fourth-order valence-electron chi connectivity index (χ4n) is 10.6. The van der Waals surface area contributed by atoms with Crippen molar-refractivity contribution in [3.05, 3.63) is 115 Å². The van der Waals surface area contributed by atoms with Crippen LogP contribution in [0.15, 0.2) is 48.5 Å². The molecule has 7 nitrogen and oxygen atoms in total. The number of phenols is 2. The molecule has 63 heavy (non-hydrogen) atoms. The Morgan fingerprint density at radius 1 is 0.571 bits per heavy atom. The van der Waals surface area contributed by atoms with Gasteiger partial charge in [-0.3, -0.25) is 4.79 Å². The van der Waals surface area contributed by atoms with E-state index < -0.39 is 26.7 Å². The second-order valence-electron chi connectivity index (χ2n) is 23.9. The largest absolute Gasteiger partial charge is 0.507 e. The molecule has 3 aliphatic rings. The van der Waals surface area contributed by atoms with Gasteiger partial charge in [0.1, 0.15) is 28.8 Å². The summed E-state index contributed by atoms with van der Waals surface area (Å²) < 4.78 is 42.3. The lowest BCUT2D eigenvalue weighted by molar-refractivity contribution is -0.128. The Balaban J connectivity index is 1.55. The monoisotopic (exact) mass is 876 g/mol. The van der Waals surface area contributed by atoms with Gasteiger partial charge >= 0.3 is 10.1 Å². The minimum atomic E-state index is -4.36. The predicted octanol–water partition coefficient (Wildman–Crippen LogP) is 12.1. The van der Waals surface area contributed by atoms with Gasteiger partial charge in [-0.2, -0.15) is 8.42 Å². The third-order valence-corrected chi connectivity index (χ3v) is 16.3. The van der Waals surface area contributed by atoms with Crippen molar-refractivity contribution in [3.63, 3.8) is 0 Å². The van der Waals surface area contributed by atoms with Crippen molar-refractivity contribution >= 4 is 15.9 Å². The normalized spacial score (nSPS) is 20.2. The highest BCUT2D eigenvalue weighted by molar-refractivity contribution is 7.87. The van der Waals surface area contributed by atoms with Gasteiger partial charge in [0.25, 0.3) is 0 Å². The van der Waals surface area contributed by atoms with Gasteiger partial charge in [-0.25, -0.2) is 0 Å². The molecule has 0 aliphatic heterocycles. The smallest absolute Gasteiger partial charge is 0.310 e. The van der Waals surface area contributed by atoms with Crippen LogP contribution in [0.4, 0.5) is 0 Å². The highest BCUT2D eigenvalue weighted by Crippen LogP contribution is 2.64. The van der Waals surface area contributed by atoms with Crippen molar-refractivity contribution in [1.29, 1.82) is 0 Å². The zero-order valence-electron chi connectivity index (χ0n) is 40.7. The molecule has 10 bridgehead atoms. The molecular formula is C55H72O7S. The Labute approximate surface area is 378 Å². The maximum absolute atomic E-state index is 14.8. The van der Waals surface area contributed by atoms with E-state index in [2.05, 4.69) is 107 Å². The van der Waals surface area contributed by atoms with E-state index in [1.807, 2.05) is 38.1 Å². The van der Waals surface area contributed by atoms with Crippen LogP contribution in [0.3, 0.4) is 0 Å². The van der Waals surface area contributed by atoms with Gasteiger partial charge < -0.3 is 19.1 Å². The molecule has 2 fully saturated rings. The molecule has 0 heterocycles. The van der Waals surface area contributed by atoms with Crippen LogP contribution in [0.5, 0.6) is 23.0 Å². The number of benzene rings is 4. The number of ether oxygens (including phenoxy) is 1. The number of rotatable bonds is 5. The first-order chi connectivity index (χ1) is 28.8. The van der Waals surface area contributed by atoms with E-state index in [1.165, 1.54) is 0 Å². The molecule has 0 spiro atoms. The molecule has 0 saturated heterocycles. The molecule has 340 valence electrons. The van der Waals surface area contributed by atoms with Crippen LogP contribution < -0.4 is 8.92 Å². The second-order valence-corrected chi connectivity index (χ2v) is 25.5. The fourth-order valence-corrected chi connectivity index (χ4v) is 12.4. The van der Waals surface area contributed by atoms with Crippen LogP contribution in [0, 0.1) is 16.7 Å². The highest BCUT2D eigenvalue weighted by atomic mass is 32.2. The Morgan fingerprint density at radius 3 is 1.16 bits per heavy atom. The van der Waals surface area contributed by atoms with Crippen LogP contribution in [0.25, 0.3) is 0 Å². The molecule has 4 aromatic carbocycles. The topological polar surface area (TPSA) is 110 Å². The molecule has 2 N–H and O–H groups in total. The Hall–Kier alpha value is -4.30. The zero-order valence-corrected chi connectivity index (χ0v) is 41.5. The molecule has 0 radical (unpaired) electrons. The summed E-state index contributed by atoms with van der Waals surface area (Å²) in [4.78, 5) is 13.7. The molecule has 0 aromatic heterocycles. The standard InChI is InChI=1S/C55H72O7S/c1-50(2,3)41-22-32-18-36-26-43(52(7,8)9)27-37(48(36)61-15)19-33-23-42(51(4,5)6)25-35(47(33)58)21-39-29-44(53(10,11)12)28-38(20-34(24-41)46(32)57)49(39)62-63(59,60)31-55-17-16-40(30-45(55)56)54(55,13)14/h22-29,40,57-58H,16-21,30-31H2,1-15H3/t40-,55-/m0/s1. The Kier molecular flexibility index (Phi) is 11.4. The van der Waals surface area contributed by atoms with Gasteiger partial charge in [-0.05, 0) is 101 Å². The number of ketones is 1. The van der Waals surface area contributed by atoms with Crippen LogP contribution in [-0.4, -0.2) is 37.3 Å². The summed E-state index contributed by atoms with van der Waals surface area (Å²) in [5.41, 5.74) is 7.37. The lowest BCUT2D eigenvalue weighted by atomic mass is 9.70. The highest BCUT2D eigenvalue weighted by Gasteiger charge is 2.65. The number of fused-ring (bicyclic) bond motifs is 10. The van der Waals surface area contributed by atoms with E-state index in [1.54, 1.807) is 7.11 Å². The lowest BCUT2D eigenvalue weighted by Gasteiger charge is -2.36. The van der Waals surface area contributed by atoms with Crippen molar-refractivity contribution < 1.29 is 32.3 Å². The van der Waals surface area contributed by atoms with Crippen molar-refractivity contribution in [2.24, 2.45) is 16.7 Å². The van der Waals surface area contributed by atoms with Crippen molar-refractivity contribution in [3.8, 4) is 23.0 Å². The first-order valence-electron chi connectivity index (χ1n) is 22.9. The van der Waals surface area contributed by atoms with Gasteiger partial charge in [-0.1, -0.05) is 145 Å². The SMILES string of the molecule is COc1c2cc(C(C)(C)C)cc1Cc1cc(C(C)(C)C)cc(c1O)Cc1cc(C(C)(C)C)cc(c1OS(=O)(=O)C[C@@]13CC[C@@H](CC1=O)C3(C)C)Cc1cc(C(C)(C)C)cc(c1O)C2. The predicted molar refractivity (Wildman–Crippen MR) is 255 cm³/mol. The van der Waals surface area contributed by atoms with Gasteiger partial charge in [0, 0.05) is 43.2 Å². The van der Waals surface area contributed by atoms with Crippen LogP contribution in [0.1, 0.15) is 183 Å². The van der Waals surface area contributed by atoms with Crippen molar-refractivity contribution in [1.82, 2.24) is 0 Å². The molecule has 2 atom stereocenters. The van der Waals surface area contributed by atoms with E-state index in [4.69, 9.17) is 8.92 Å². The van der Waals surface area contributed by atoms with Crippen LogP contribution >= 0.6 is 0 Å². The van der Waals surface area contributed by atoms with Gasteiger partial charge in [0.15, 0.2) is 0 Å². The number of aromatic hydroxyl groups is 2.